The third-order valence-corrected chi connectivity index (χ3v) is 3.59. The highest BCUT2D eigenvalue weighted by molar-refractivity contribution is 5.68. The van der Waals surface area contributed by atoms with Crippen LogP contribution in [0.3, 0.4) is 0 Å². The van der Waals surface area contributed by atoms with Crippen molar-refractivity contribution in [3.63, 3.8) is 0 Å². The summed E-state index contributed by atoms with van der Waals surface area (Å²) in [6.07, 6.45) is 1.88. The summed E-state index contributed by atoms with van der Waals surface area (Å²) >= 11 is 0. The summed E-state index contributed by atoms with van der Waals surface area (Å²) in [6, 6.07) is 17.7. The van der Waals surface area contributed by atoms with E-state index in [1.807, 2.05) is 75.4 Å². The Balaban J connectivity index is 1.93. The van der Waals surface area contributed by atoms with Gasteiger partial charge in [0, 0.05) is 0 Å². The maximum Gasteiger partial charge on any atom is 0.408 e. The summed E-state index contributed by atoms with van der Waals surface area (Å²) in [6.45, 7) is 9.83. The van der Waals surface area contributed by atoms with Gasteiger partial charge in [-0.1, -0.05) is 48.5 Å². The van der Waals surface area contributed by atoms with E-state index >= 15 is 0 Å². The molecule has 26 heavy (non-hydrogen) atoms. The van der Waals surface area contributed by atoms with Crippen molar-refractivity contribution in [2.75, 3.05) is 0 Å². The molecule has 0 unspecified atom stereocenters. The predicted octanol–water partition coefficient (Wildman–Crippen LogP) is 4.89. The molecule has 0 heterocycles. The summed E-state index contributed by atoms with van der Waals surface area (Å²) in [5.74, 6) is 0.798. The lowest BCUT2D eigenvalue weighted by Gasteiger charge is -2.22. The number of amides is 1. The van der Waals surface area contributed by atoms with Crippen LogP contribution in [0.15, 0.2) is 67.3 Å². The first-order valence-corrected chi connectivity index (χ1v) is 8.73. The molecule has 2 aromatic rings. The number of rotatable bonds is 7. The standard InChI is InChI=1S/C22H27NO3/c1-5-19(23-21(24)26-22(2,3)4)14-18-12-9-13-20(15-18)25-16-17-10-7-6-8-11-17/h5-13,15,19H,1,14,16H2,2-4H3,(H,23,24)/t19-/m1/s1. The number of hydrogen-bond donors (Lipinski definition) is 1. The molecule has 2 aromatic carbocycles. The minimum Gasteiger partial charge on any atom is -0.489 e. The van der Waals surface area contributed by atoms with Crippen LogP contribution in [0.4, 0.5) is 4.79 Å². The van der Waals surface area contributed by atoms with Crippen molar-refractivity contribution in [2.45, 2.75) is 45.4 Å². The molecule has 0 bridgehead atoms. The van der Waals surface area contributed by atoms with E-state index in [2.05, 4.69) is 11.9 Å². The van der Waals surface area contributed by atoms with Gasteiger partial charge in [0.15, 0.2) is 0 Å². The minimum absolute atomic E-state index is 0.214. The summed E-state index contributed by atoms with van der Waals surface area (Å²) < 4.78 is 11.2. The zero-order valence-electron chi connectivity index (χ0n) is 15.7. The molecule has 0 aliphatic carbocycles. The van der Waals surface area contributed by atoms with E-state index in [1.54, 1.807) is 6.08 Å². The highest BCUT2D eigenvalue weighted by Crippen LogP contribution is 2.17. The first-order valence-electron chi connectivity index (χ1n) is 8.73. The van der Waals surface area contributed by atoms with Crippen LogP contribution in [-0.4, -0.2) is 17.7 Å². The second-order valence-electron chi connectivity index (χ2n) is 7.11. The molecule has 0 spiro atoms. The molecule has 1 N–H and O–H groups in total. The highest BCUT2D eigenvalue weighted by atomic mass is 16.6. The smallest absolute Gasteiger partial charge is 0.408 e. The monoisotopic (exact) mass is 353 g/mol. The number of carbonyl (C=O) groups excluding carboxylic acids is 1. The Morgan fingerprint density at radius 3 is 2.46 bits per heavy atom. The molecule has 0 fully saturated rings. The summed E-state index contributed by atoms with van der Waals surface area (Å²) in [5.41, 5.74) is 1.64. The Labute approximate surface area is 155 Å². The molecule has 0 aliphatic rings. The van der Waals surface area contributed by atoms with Crippen molar-refractivity contribution in [1.29, 1.82) is 0 Å². The summed E-state index contributed by atoms with van der Waals surface area (Å²) in [7, 11) is 0. The quantitative estimate of drug-likeness (QED) is 0.721. The van der Waals surface area contributed by atoms with Crippen LogP contribution < -0.4 is 10.1 Å². The van der Waals surface area contributed by atoms with Crippen LogP contribution in [0.1, 0.15) is 31.9 Å². The zero-order valence-corrected chi connectivity index (χ0v) is 15.7. The molecule has 0 radical (unpaired) electrons. The van der Waals surface area contributed by atoms with Crippen LogP contribution >= 0.6 is 0 Å². The third kappa shape index (κ3) is 7.01. The maximum atomic E-state index is 11.9. The largest absolute Gasteiger partial charge is 0.489 e. The first kappa shape index (κ1) is 19.6. The second kappa shape index (κ2) is 9.09. The SMILES string of the molecule is C=C[C@H](Cc1cccc(OCc2ccccc2)c1)NC(=O)OC(C)(C)C. The fraction of sp³-hybridized carbons (Fsp3) is 0.318. The van der Waals surface area contributed by atoms with Crippen LogP contribution in [0.25, 0.3) is 0 Å². The molecular formula is C22H27NO3. The normalized spacial score (nSPS) is 12.1. The first-order chi connectivity index (χ1) is 12.4. The van der Waals surface area contributed by atoms with Gasteiger partial charge in [-0.2, -0.15) is 0 Å². The predicted molar refractivity (Wildman–Crippen MR) is 104 cm³/mol. The number of ether oxygens (including phenoxy) is 2. The van der Waals surface area contributed by atoms with Crippen molar-refractivity contribution in [2.24, 2.45) is 0 Å². The lowest BCUT2D eigenvalue weighted by molar-refractivity contribution is 0.0514. The maximum absolute atomic E-state index is 11.9. The fourth-order valence-electron chi connectivity index (χ4n) is 2.41. The highest BCUT2D eigenvalue weighted by Gasteiger charge is 2.18. The summed E-state index contributed by atoms with van der Waals surface area (Å²) in [5, 5.41) is 2.83. The number of carbonyl (C=O) groups is 1. The van der Waals surface area contributed by atoms with Gasteiger partial charge in [0.2, 0.25) is 0 Å². The van der Waals surface area contributed by atoms with Gasteiger partial charge >= 0.3 is 6.09 Å². The van der Waals surface area contributed by atoms with E-state index in [9.17, 15) is 4.79 Å². The van der Waals surface area contributed by atoms with Gasteiger partial charge < -0.3 is 14.8 Å². The van der Waals surface area contributed by atoms with Crippen molar-refractivity contribution in [3.8, 4) is 5.75 Å². The van der Waals surface area contributed by atoms with Gasteiger partial charge in [0.25, 0.3) is 0 Å². The third-order valence-electron chi connectivity index (χ3n) is 3.59. The van der Waals surface area contributed by atoms with Crippen LogP contribution in [0.5, 0.6) is 5.75 Å². The Bertz CT molecular complexity index is 720. The van der Waals surface area contributed by atoms with Crippen molar-refractivity contribution < 1.29 is 14.3 Å². The molecule has 1 amide bonds. The second-order valence-corrected chi connectivity index (χ2v) is 7.11. The molecule has 0 aliphatic heterocycles. The lowest BCUT2D eigenvalue weighted by atomic mass is 10.1. The molecule has 2 rings (SSSR count). The average Bonchev–Trinajstić information content (AvgIpc) is 2.59. The van der Waals surface area contributed by atoms with Crippen molar-refractivity contribution in [3.05, 3.63) is 78.4 Å². The minimum atomic E-state index is -0.527. The molecule has 0 saturated heterocycles. The van der Waals surface area contributed by atoms with Crippen LogP contribution in [0, 0.1) is 0 Å². The number of benzene rings is 2. The number of hydrogen-bond acceptors (Lipinski definition) is 3. The Morgan fingerprint density at radius 1 is 1.12 bits per heavy atom. The van der Waals surface area contributed by atoms with Gasteiger partial charge in [-0.25, -0.2) is 4.79 Å². The molecule has 0 saturated carbocycles. The Morgan fingerprint density at radius 2 is 1.81 bits per heavy atom. The molecule has 138 valence electrons. The molecule has 0 aromatic heterocycles. The van der Waals surface area contributed by atoms with Gasteiger partial charge in [0.1, 0.15) is 18.0 Å². The van der Waals surface area contributed by atoms with E-state index in [-0.39, 0.29) is 6.04 Å². The van der Waals surface area contributed by atoms with E-state index in [0.717, 1.165) is 16.9 Å². The molecular weight excluding hydrogens is 326 g/mol. The van der Waals surface area contributed by atoms with Crippen LogP contribution in [-0.2, 0) is 17.8 Å². The van der Waals surface area contributed by atoms with Gasteiger partial charge in [-0.15, -0.1) is 6.58 Å². The fourth-order valence-corrected chi connectivity index (χ4v) is 2.41. The van der Waals surface area contributed by atoms with E-state index in [4.69, 9.17) is 9.47 Å². The average molecular weight is 353 g/mol. The molecule has 4 nitrogen and oxygen atoms in total. The number of alkyl carbamates (subject to hydrolysis) is 1. The molecule has 4 heteroatoms. The Hall–Kier alpha value is -2.75. The number of nitrogens with one attached hydrogen (secondary N) is 1. The van der Waals surface area contributed by atoms with Gasteiger partial charge in [-0.05, 0) is 50.5 Å². The Kier molecular flexibility index (Phi) is 6.84. The van der Waals surface area contributed by atoms with E-state index in [0.29, 0.717) is 13.0 Å². The lowest BCUT2D eigenvalue weighted by Crippen LogP contribution is -2.39. The van der Waals surface area contributed by atoms with Crippen molar-refractivity contribution >= 4 is 6.09 Å². The summed E-state index contributed by atoms with van der Waals surface area (Å²) in [4.78, 5) is 11.9. The van der Waals surface area contributed by atoms with E-state index < -0.39 is 11.7 Å². The topological polar surface area (TPSA) is 47.6 Å². The van der Waals surface area contributed by atoms with Crippen molar-refractivity contribution in [1.82, 2.24) is 5.32 Å². The van der Waals surface area contributed by atoms with Gasteiger partial charge in [0.05, 0.1) is 6.04 Å². The van der Waals surface area contributed by atoms with E-state index in [1.165, 1.54) is 0 Å². The zero-order chi connectivity index (χ0) is 19.0. The molecule has 1 atom stereocenters. The van der Waals surface area contributed by atoms with Crippen LogP contribution in [0.2, 0.25) is 0 Å². The van der Waals surface area contributed by atoms with Gasteiger partial charge in [-0.3, -0.25) is 0 Å².